The van der Waals surface area contributed by atoms with E-state index in [1.165, 1.54) is 10.5 Å². The molecule has 1 aromatic rings. The number of sulfonamides is 1. The van der Waals surface area contributed by atoms with E-state index in [0.717, 1.165) is 17.8 Å². The fraction of sp³-hybridized carbons (Fsp3) is 0.600. The van der Waals surface area contributed by atoms with Gasteiger partial charge in [0.05, 0.1) is 18.2 Å². The molecule has 2 aliphatic heterocycles. The summed E-state index contributed by atoms with van der Waals surface area (Å²) in [6, 6.07) is -0.285. The second-order valence-electron chi connectivity index (χ2n) is 4.61. The molecule has 0 bridgehead atoms. The predicted octanol–water partition coefficient (Wildman–Crippen LogP) is 0.696. The van der Waals surface area contributed by atoms with Crippen molar-refractivity contribution < 1.29 is 13.2 Å². The number of fused-ring (bicyclic) bond motifs is 1. The minimum atomic E-state index is -3.61. The maximum absolute atomic E-state index is 12.5. The van der Waals surface area contributed by atoms with Gasteiger partial charge in [0.2, 0.25) is 5.91 Å². The van der Waals surface area contributed by atoms with Crippen LogP contribution in [0.25, 0.3) is 0 Å². The molecule has 0 aromatic carbocycles. The van der Waals surface area contributed by atoms with Crippen molar-refractivity contribution in [2.45, 2.75) is 23.1 Å². The number of rotatable bonds is 2. The lowest BCUT2D eigenvalue weighted by atomic mass is 9.93. The Hall–Kier alpha value is -0.700. The maximum atomic E-state index is 12.5. The van der Waals surface area contributed by atoms with Crippen molar-refractivity contribution >= 4 is 38.9 Å². The lowest BCUT2D eigenvalue weighted by molar-refractivity contribution is -0.123. The summed E-state index contributed by atoms with van der Waals surface area (Å²) < 4.78 is 26.9. The number of amides is 1. The van der Waals surface area contributed by atoms with Crippen molar-refractivity contribution in [2.75, 3.05) is 13.1 Å². The topological polar surface area (TPSA) is 79.4 Å². The molecule has 2 atom stereocenters. The first-order valence-electron chi connectivity index (χ1n) is 5.91. The largest absolute Gasteiger partial charge is 0.354 e. The summed E-state index contributed by atoms with van der Waals surface area (Å²) in [5.74, 6) is -0.279. The maximum Gasteiger partial charge on any atom is 0.254 e. The van der Waals surface area contributed by atoms with E-state index in [-0.39, 0.29) is 26.5 Å². The fourth-order valence-corrected chi connectivity index (χ4v) is 5.81. The molecule has 1 amide bonds. The number of hydrogen-bond donors (Lipinski definition) is 1. The van der Waals surface area contributed by atoms with Crippen molar-refractivity contribution in [3.05, 3.63) is 10.7 Å². The summed E-state index contributed by atoms with van der Waals surface area (Å²) in [5.41, 5.74) is 0. The molecule has 0 saturated carbocycles. The van der Waals surface area contributed by atoms with Crippen LogP contribution in [-0.2, 0) is 14.8 Å². The Bertz CT molecular complexity index is 615. The van der Waals surface area contributed by atoms with E-state index in [0.29, 0.717) is 19.5 Å². The van der Waals surface area contributed by atoms with Crippen LogP contribution < -0.4 is 5.32 Å². The van der Waals surface area contributed by atoms with Gasteiger partial charge < -0.3 is 5.32 Å². The molecule has 0 radical (unpaired) electrons. The van der Waals surface area contributed by atoms with Crippen LogP contribution in [0.2, 0.25) is 4.47 Å². The number of thiazole rings is 1. The minimum Gasteiger partial charge on any atom is -0.354 e. The van der Waals surface area contributed by atoms with E-state index >= 15 is 0 Å². The number of piperidine rings is 1. The molecular weight excluding hydrogens is 310 g/mol. The molecule has 2 fully saturated rings. The van der Waals surface area contributed by atoms with E-state index in [2.05, 4.69) is 10.3 Å². The Morgan fingerprint density at radius 1 is 1.53 bits per heavy atom. The third kappa shape index (κ3) is 2.16. The van der Waals surface area contributed by atoms with Crippen molar-refractivity contribution in [2.24, 2.45) is 5.92 Å². The third-order valence-corrected chi connectivity index (χ3v) is 7.05. The Kier molecular flexibility index (Phi) is 3.28. The number of aromatic nitrogens is 1. The van der Waals surface area contributed by atoms with Crippen molar-refractivity contribution in [3.8, 4) is 0 Å². The van der Waals surface area contributed by atoms with Gasteiger partial charge in [-0.05, 0) is 12.8 Å². The quantitative estimate of drug-likeness (QED) is 0.869. The molecule has 2 aliphatic rings. The van der Waals surface area contributed by atoms with E-state index in [9.17, 15) is 13.2 Å². The number of hydrogen-bond acceptors (Lipinski definition) is 5. The summed E-state index contributed by atoms with van der Waals surface area (Å²) in [7, 11) is -3.61. The Morgan fingerprint density at radius 2 is 2.32 bits per heavy atom. The molecular formula is C10H12ClN3O3S2. The van der Waals surface area contributed by atoms with Crippen LogP contribution in [0.4, 0.5) is 0 Å². The first-order chi connectivity index (χ1) is 9.00. The van der Waals surface area contributed by atoms with Gasteiger partial charge in [-0.15, -0.1) is 0 Å². The van der Waals surface area contributed by atoms with Gasteiger partial charge in [0.15, 0.2) is 8.68 Å². The molecule has 9 heteroatoms. The van der Waals surface area contributed by atoms with Crippen LogP contribution in [0.1, 0.15) is 12.8 Å². The highest BCUT2D eigenvalue weighted by molar-refractivity contribution is 7.91. The highest BCUT2D eigenvalue weighted by Gasteiger charge is 2.46. The SMILES string of the molecule is O=C1NCC2C1CCCN2S(=O)(=O)c1cnc(Cl)s1. The molecule has 1 N–H and O–H groups in total. The van der Waals surface area contributed by atoms with Gasteiger partial charge in [-0.3, -0.25) is 4.79 Å². The standard InChI is InChI=1S/C10H12ClN3O3S2/c11-10-13-5-8(18-10)19(16,17)14-3-1-2-6-7(14)4-12-9(6)15/h5-7H,1-4H2,(H,12,15). The molecule has 0 aliphatic carbocycles. The van der Waals surface area contributed by atoms with Gasteiger partial charge in [-0.2, -0.15) is 4.31 Å². The van der Waals surface area contributed by atoms with Gasteiger partial charge in [-0.25, -0.2) is 13.4 Å². The number of halogens is 1. The molecule has 1 aromatic heterocycles. The second kappa shape index (κ2) is 4.69. The van der Waals surface area contributed by atoms with Crippen molar-refractivity contribution in [3.63, 3.8) is 0 Å². The highest BCUT2D eigenvalue weighted by Crippen LogP contribution is 2.34. The van der Waals surface area contributed by atoms with E-state index < -0.39 is 10.0 Å². The molecule has 3 heterocycles. The molecule has 0 spiro atoms. The van der Waals surface area contributed by atoms with Gasteiger partial charge in [-0.1, -0.05) is 22.9 Å². The Labute approximate surface area is 119 Å². The van der Waals surface area contributed by atoms with Crippen LogP contribution in [-0.4, -0.2) is 42.7 Å². The predicted molar refractivity (Wildman–Crippen MR) is 70.5 cm³/mol. The fourth-order valence-electron chi connectivity index (χ4n) is 2.68. The average molecular weight is 322 g/mol. The lowest BCUT2D eigenvalue weighted by Crippen LogP contribution is -2.48. The van der Waals surface area contributed by atoms with Gasteiger partial charge >= 0.3 is 0 Å². The molecule has 2 saturated heterocycles. The van der Waals surface area contributed by atoms with Crippen molar-refractivity contribution in [1.29, 1.82) is 0 Å². The van der Waals surface area contributed by atoms with E-state index in [1.807, 2.05) is 0 Å². The summed E-state index contributed by atoms with van der Waals surface area (Å²) in [6.45, 7) is 0.823. The lowest BCUT2D eigenvalue weighted by Gasteiger charge is -2.34. The summed E-state index contributed by atoms with van der Waals surface area (Å²) >= 11 is 6.64. The minimum absolute atomic E-state index is 0.0489. The molecule has 2 unspecified atom stereocenters. The molecule has 104 valence electrons. The summed E-state index contributed by atoms with van der Waals surface area (Å²) in [6.07, 6.45) is 2.71. The summed E-state index contributed by atoms with van der Waals surface area (Å²) in [4.78, 5) is 15.4. The first kappa shape index (κ1) is 13.3. The van der Waals surface area contributed by atoms with Gasteiger partial charge in [0.1, 0.15) is 0 Å². The number of nitrogens with zero attached hydrogens (tertiary/aromatic N) is 2. The Morgan fingerprint density at radius 3 is 3.00 bits per heavy atom. The normalized spacial score (nSPS) is 28.2. The average Bonchev–Trinajstić information content (AvgIpc) is 2.97. The van der Waals surface area contributed by atoms with Crippen LogP contribution in [0.5, 0.6) is 0 Å². The third-order valence-electron chi connectivity index (χ3n) is 3.57. The van der Waals surface area contributed by atoms with Crippen LogP contribution in [0.15, 0.2) is 10.4 Å². The zero-order valence-corrected chi connectivity index (χ0v) is 12.3. The zero-order valence-electron chi connectivity index (χ0n) is 9.87. The number of nitrogens with one attached hydrogen (secondary N) is 1. The number of carbonyl (C=O) groups is 1. The number of carbonyl (C=O) groups excluding carboxylic acids is 1. The molecule has 3 rings (SSSR count). The molecule has 6 nitrogen and oxygen atoms in total. The van der Waals surface area contributed by atoms with Crippen molar-refractivity contribution in [1.82, 2.24) is 14.6 Å². The van der Waals surface area contributed by atoms with E-state index in [4.69, 9.17) is 11.6 Å². The van der Waals surface area contributed by atoms with E-state index in [1.54, 1.807) is 0 Å². The molecule has 19 heavy (non-hydrogen) atoms. The summed E-state index contributed by atoms with van der Waals surface area (Å²) in [5, 5.41) is 2.74. The first-order valence-corrected chi connectivity index (χ1v) is 8.54. The highest BCUT2D eigenvalue weighted by atomic mass is 35.5. The van der Waals surface area contributed by atoms with Crippen LogP contribution in [0.3, 0.4) is 0 Å². The smallest absolute Gasteiger partial charge is 0.254 e. The van der Waals surface area contributed by atoms with Gasteiger partial charge in [0, 0.05) is 13.1 Å². The monoisotopic (exact) mass is 321 g/mol. The second-order valence-corrected chi connectivity index (χ2v) is 8.34. The van der Waals surface area contributed by atoms with Crippen LogP contribution in [0, 0.1) is 5.92 Å². The van der Waals surface area contributed by atoms with Gasteiger partial charge in [0.25, 0.3) is 10.0 Å². The van der Waals surface area contributed by atoms with Crippen LogP contribution >= 0.6 is 22.9 Å². The Balaban J connectivity index is 1.95. The zero-order chi connectivity index (χ0) is 13.6.